The maximum absolute atomic E-state index is 12.6. The number of rotatable bonds is 4. The molecule has 2 aromatic rings. The molecule has 0 bridgehead atoms. The lowest BCUT2D eigenvalue weighted by Crippen LogP contribution is -2.36. The van der Waals surface area contributed by atoms with Crippen LogP contribution in [0.15, 0.2) is 36.4 Å². The number of fused-ring (bicyclic) bond motifs is 1. The lowest BCUT2D eigenvalue weighted by molar-refractivity contribution is 0.0369. The molecule has 0 fully saturated rings. The lowest BCUT2D eigenvalue weighted by atomic mass is 10.2. The van der Waals surface area contributed by atoms with Crippen LogP contribution in [-0.4, -0.2) is 48.2 Å². The second-order valence-corrected chi connectivity index (χ2v) is 6.54. The minimum Gasteiger partial charge on any atom is -0.497 e. The number of urea groups is 1. The molecule has 0 radical (unpaired) electrons. The third-order valence-corrected chi connectivity index (χ3v) is 4.08. The highest BCUT2D eigenvalue weighted by molar-refractivity contribution is 5.89. The van der Waals surface area contributed by atoms with Gasteiger partial charge in [0.1, 0.15) is 12.4 Å². The van der Waals surface area contributed by atoms with Crippen molar-refractivity contribution in [1.29, 1.82) is 0 Å². The molecule has 2 amide bonds. The Hall–Kier alpha value is -3.29. The van der Waals surface area contributed by atoms with Gasteiger partial charge in [-0.2, -0.15) is 0 Å². The SMILES string of the molecule is CC.COc1ccc(NC(=O)N2CCOc3nc(C(=O)OC(C)C)ccc3C2)cc1. The highest BCUT2D eigenvalue weighted by Crippen LogP contribution is 2.23. The number of methoxy groups -OCH3 is 1. The molecule has 30 heavy (non-hydrogen) atoms. The van der Waals surface area contributed by atoms with Crippen LogP contribution in [0.3, 0.4) is 0 Å². The number of pyridine rings is 1. The van der Waals surface area contributed by atoms with Gasteiger partial charge in [-0.05, 0) is 50.2 Å². The van der Waals surface area contributed by atoms with E-state index in [0.717, 1.165) is 5.56 Å². The molecule has 3 rings (SSSR count). The van der Waals surface area contributed by atoms with Crippen LogP contribution in [0, 0.1) is 0 Å². The Morgan fingerprint density at radius 3 is 2.47 bits per heavy atom. The van der Waals surface area contributed by atoms with Crippen LogP contribution in [0.25, 0.3) is 0 Å². The zero-order valence-electron chi connectivity index (χ0n) is 18.1. The Labute approximate surface area is 177 Å². The lowest BCUT2D eigenvalue weighted by Gasteiger charge is -2.20. The van der Waals surface area contributed by atoms with E-state index in [1.54, 1.807) is 62.3 Å². The van der Waals surface area contributed by atoms with Gasteiger partial charge in [0.05, 0.1) is 26.3 Å². The van der Waals surface area contributed by atoms with Crippen LogP contribution in [0.5, 0.6) is 11.6 Å². The van der Waals surface area contributed by atoms with Gasteiger partial charge in [-0.25, -0.2) is 14.6 Å². The molecule has 8 nitrogen and oxygen atoms in total. The average Bonchev–Trinajstić information content (AvgIpc) is 2.97. The van der Waals surface area contributed by atoms with E-state index < -0.39 is 5.97 Å². The summed E-state index contributed by atoms with van der Waals surface area (Å²) in [6.45, 7) is 8.54. The zero-order chi connectivity index (χ0) is 22.1. The number of hydrogen-bond donors (Lipinski definition) is 1. The van der Waals surface area contributed by atoms with Crippen LogP contribution in [0.4, 0.5) is 10.5 Å². The van der Waals surface area contributed by atoms with E-state index in [-0.39, 0.29) is 24.4 Å². The number of carbonyl (C=O) groups is 2. The van der Waals surface area contributed by atoms with E-state index in [2.05, 4.69) is 10.3 Å². The summed E-state index contributed by atoms with van der Waals surface area (Å²) < 4.78 is 15.9. The second-order valence-electron chi connectivity index (χ2n) is 6.54. The molecule has 1 aliphatic rings. The summed E-state index contributed by atoms with van der Waals surface area (Å²) in [5.41, 5.74) is 1.58. The highest BCUT2D eigenvalue weighted by Gasteiger charge is 2.22. The first-order valence-electron chi connectivity index (χ1n) is 10.00. The molecule has 1 aromatic heterocycles. The predicted octanol–water partition coefficient (Wildman–Crippen LogP) is 4.11. The molecule has 162 valence electrons. The van der Waals surface area contributed by atoms with Crippen LogP contribution in [0.2, 0.25) is 0 Å². The van der Waals surface area contributed by atoms with Crippen molar-refractivity contribution in [1.82, 2.24) is 9.88 Å². The quantitative estimate of drug-likeness (QED) is 0.756. The minimum atomic E-state index is -0.500. The predicted molar refractivity (Wildman–Crippen MR) is 114 cm³/mol. The number of ether oxygens (including phenoxy) is 3. The summed E-state index contributed by atoms with van der Waals surface area (Å²) >= 11 is 0. The van der Waals surface area contributed by atoms with Crippen molar-refractivity contribution in [3.8, 4) is 11.6 Å². The summed E-state index contributed by atoms with van der Waals surface area (Å²) in [6.07, 6.45) is -0.230. The number of anilines is 1. The average molecular weight is 415 g/mol. The highest BCUT2D eigenvalue weighted by atomic mass is 16.5. The number of nitrogens with zero attached hydrogens (tertiary/aromatic N) is 2. The van der Waals surface area contributed by atoms with Gasteiger partial charge in [-0.15, -0.1) is 0 Å². The first kappa shape index (κ1) is 23.0. The van der Waals surface area contributed by atoms with Gasteiger partial charge in [0.15, 0.2) is 5.69 Å². The van der Waals surface area contributed by atoms with Gasteiger partial charge in [0.25, 0.3) is 0 Å². The molecule has 1 N–H and O–H groups in total. The monoisotopic (exact) mass is 415 g/mol. The number of esters is 1. The Morgan fingerprint density at radius 1 is 1.13 bits per heavy atom. The molecule has 0 saturated heterocycles. The van der Waals surface area contributed by atoms with Crippen molar-refractivity contribution in [2.75, 3.05) is 25.6 Å². The van der Waals surface area contributed by atoms with Crippen molar-refractivity contribution in [2.45, 2.75) is 40.3 Å². The van der Waals surface area contributed by atoms with Gasteiger partial charge >= 0.3 is 12.0 Å². The fraction of sp³-hybridized carbons (Fsp3) is 0.409. The number of benzene rings is 1. The van der Waals surface area contributed by atoms with Gasteiger partial charge in [-0.1, -0.05) is 13.8 Å². The van der Waals surface area contributed by atoms with Gasteiger partial charge in [0, 0.05) is 11.3 Å². The van der Waals surface area contributed by atoms with Crippen LogP contribution in [0.1, 0.15) is 43.7 Å². The maximum Gasteiger partial charge on any atom is 0.357 e. The van der Waals surface area contributed by atoms with E-state index in [4.69, 9.17) is 14.2 Å². The van der Waals surface area contributed by atoms with E-state index in [1.165, 1.54) is 0 Å². The molecule has 0 atom stereocenters. The zero-order valence-corrected chi connectivity index (χ0v) is 18.1. The second kappa shape index (κ2) is 11.0. The normalized spacial score (nSPS) is 12.5. The van der Waals surface area contributed by atoms with Crippen molar-refractivity contribution < 1.29 is 23.8 Å². The topological polar surface area (TPSA) is 90.0 Å². The van der Waals surface area contributed by atoms with E-state index in [1.807, 2.05) is 13.8 Å². The summed E-state index contributed by atoms with van der Waals surface area (Å²) in [4.78, 5) is 30.5. The molecular formula is C22H29N3O5. The molecule has 0 unspecified atom stereocenters. The number of carbonyl (C=O) groups excluding carboxylic acids is 2. The van der Waals surface area contributed by atoms with Crippen molar-refractivity contribution in [2.24, 2.45) is 0 Å². The van der Waals surface area contributed by atoms with Gasteiger partial charge in [-0.3, -0.25) is 0 Å². The smallest absolute Gasteiger partial charge is 0.357 e. The Balaban J connectivity index is 0.00000155. The third kappa shape index (κ3) is 6.10. The number of nitrogens with one attached hydrogen (secondary N) is 1. The van der Waals surface area contributed by atoms with Crippen molar-refractivity contribution >= 4 is 17.7 Å². The number of aromatic nitrogens is 1. The van der Waals surface area contributed by atoms with Crippen LogP contribution >= 0.6 is 0 Å². The number of hydrogen-bond acceptors (Lipinski definition) is 6. The molecule has 0 aliphatic carbocycles. The summed E-state index contributed by atoms with van der Waals surface area (Å²) in [5.74, 6) is 0.561. The van der Waals surface area contributed by atoms with Crippen LogP contribution in [-0.2, 0) is 11.3 Å². The molecule has 0 spiro atoms. The molecule has 2 heterocycles. The van der Waals surface area contributed by atoms with E-state index in [0.29, 0.717) is 30.4 Å². The largest absolute Gasteiger partial charge is 0.497 e. The molecular weight excluding hydrogens is 386 g/mol. The minimum absolute atomic E-state index is 0.184. The van der Waals surface area contributed by atoms with Crippen LogP contribution < -0.4 is 14.8 Å². The molecule has 1 aromatic carbocycles. The summed E-state index contributed by atoms with van der Waals surface area (Å²) in [6, 6.07) is 10.2. The first-order valence-corrected chi connectivity index (χ1v) is 10.00. The fourth-order valence-electron chi connectivity index (χ4n) is 2.69. The van der Waals surface area contributed by atoms with E-state index in [9.17, 15) is 9.59 Å². The molecule has 0 saturated carbocycles. The summed E-state index contributed by atoms with van der Waals surface area (Å²) in [7, 11) is 1.59. The Kier molecular flexibility index (Phi) is 8.46. The third-order valence-electron chi connectivity index (χ3n) is 4.08. The van der Waals surface area contributed by atoms with Crippen molar-refractivity contribution in [3.05, 3.63) is 47.7 Å². The van der Waals surface area contributed by atoms with Gasteiger partial charge in [0.2, 0.25) is 5.88 Å². The Morgan fingerprint density at radius 2 is 1.83 bits per heavy atom. The maximum atomic E-state index is 12.6. The fourth-order valence-corrected chi connectivity index (χ4v) is 2.69. The molecule has 1 aliphatic heterocycles. The molecule has 8 heteroatoms. The number of amides is 2. The Bertz CT molecular complexity index is 852. The standard InChI is InChI=1S/C20H23N3O5.C2H6/c1-13(2)28-19(24)17-9-4-14-12-23(10-11-27-18(14)22-17)20(25)21-15-5-7-16(26-3)8-6-15;1-2/h4-9,13H,10-12H2,1-3H3,(H,21,25);1-2H3. The first-order chi connectivity index (χ1) is 14.5. The van der Waals surface area contributed by atoms with Gasteiger partial charge < -0.3 is 24.4 Å². The summed E-state index contributed by atoms with van der Waals surface area (Å²) in [5, 5.41) is 2.85. The van der Waals surface area contributed by atoms with Crippen molar-refractivity contribution in [3.63, 3.8) is 0 Å². The van der Waals surface area contributed by atoms with E-state index >= 15 is 0 Å².